The molecular formula is C15H24N2O. The monoisotopic (exact) mass is 248 g/mol. The van der Waals surface area contributed by atoms with Gasteiger partial charge in [0.05, 0.1) is 6.10 Å². The largest absolute Gasteiger partial charge is 0.393 e. The maximum Gasteiger partial charge on any atom is 0.0546 e. The SMILES string of the molecule is CCNCc1ccc(N(C)CC2CC(O)C2)cc1. The van der Waals surface area contributed by atoms with E-state index >= 15 is 0 Å². The molecule has 0 atom stereocenters. The zero-order valence-electron chi connectivity index (χ0n) is 11.4. The van der Waals surface area contributed by atoms with Gasteiger partial charge in [-0.05, 0) is 43.0 Å². The van der Waals surface area contributed by atoms with Crippen LogP contribution in [0.1, 0.15) is 25.3 Å². The molecule has 0 heterocycles. The number of hydrogen-bond donors (Lipinski definition) is 2. The normalized spacial score (nSPS) is 22.6. The number of rotatable bonds is 6. The number of anilines is 1. The van der Waals surface area contributed by atoms with Crippen molar-refractivity contribution in [1.82, 2.24) is 5.32 Å². The Balaban J connectivity index is 1.84. The average Bonchev–Trinajstić information content (AvgIpc) is 2.35. The van der Waals surface area contributed by atoms with Gasteiger partial charge in [-0.3, -0.25) is 0 Å². The van der Waals surface area contributed by atoms with Crippen molar-refractivity contribution < 1.29 is 5.11 Å². The van der Waals surface area contributed by atoms with Gasteiger partial charge in [0.2, 0.25) is 0 Å². The Morgan fingerprint density at radius 2 is 1.94 bits per heavy atom. The third-order valence-corrected chi connectivity index (χ3v) is 3.70. The summed E-state index contributed by atoms with van der Waals surface area (Å²) in [5.74, 6) is 0.659. The number of hydrogen-bond acceptors (Lipinski definition) is 3. The fraction of sp³-hybridized carbons (Fsp3) is 0.600. The predicted octanol–water partition coefficient (Wildman–Crippen LogP) is 2.00. The van der Waals surface area contributed by atoms with Crippen LogP contribution in [0.2, 0.25) is 0 Å². The number of aliphatic hydroxyl groups is 1. The van der Waals surface area contributed by atoms with Gasteiger partial charge in [-0.1, -0.05) is 19.1 Å². The van der Waals surface area contributed by atoms with E-state index in [0.717, 1.165) is 32.5 Å². The summed E-state index contributed by atoms with van der Waals surface area (Å²) in [5.41, 5.74) is 2.59. The molecule has 0 spiro atoms. The molecule has 0 aromatic heterocycles. The van der Waals surface area contributed by atoms with Gasteiger partial charge in [0, 0.05) is 25.8 Å². The van der Waals surface area contributed by atoms with Crippen LogP contribution >= 0.6 is 0 Å². The second-order valence-corrected chi connectivity index (χ2v) is 5.32. The molecule has 1 fully saturated rings. The summed E-state index contributed by atoms with van der Waals surface area (Å²) in [7, 11) is 2.13. The minimum Gasteiger partial charge on any atom is -0.393 e. The summed E-state index contributed by atoms with van der Waals surface area (Å²) in [5, 5.41) is 12.6. The molecule has 0 saturated heterocycles. The van der Waals surface area contributed by atoms with Crippen LogP contribution in [0, 0.1) is 5.92 Å². The van der Waals surface area contributed by atoms with Crippen LogP contribution in [0.5, 0.6) is 0 Å². The summed E-state index contributed by atoms with van der Waals surface area (Å²) < 4.78 is 0. The molecule has 0 radical (unpaired) electrons. The van der Waals surface area contributed by atoms with E-state index in [1.165, 1.54) is 11.3 Å². The topological polar surface area (TPSA) is 35.5 Å². The smallest absolute Gasteiger partial charge is 0.0546 e. The molecule has 1 aliphatic rings. The van der Waals surface area contributed by atoms with Crippen molar-refractivity contribution in [2.24, 2.45) is 5.92 Å². The first-order valence-corrected chi connectivity index (χ1v) is 6.88. The summed E-state index contributed by atoms with van der Waals surface area (Å²) in [6, 6.07) is 8.73. The van der Waals surface area contributed by atoms with Gasteiger partial charge in [-0.25, -0.2) is 0 Å². The van der Waals surface area contributed by atoms with E-state index < -0.39 is 0 Å². The van der Waals surface area contributed by atoms with E-state index in [9.17, 15) is 5.11 Å². The number of nitrogens with one attached hydrogen (secondary N) is 1. The highest BCUT2D eigenvalue weighted by Gasteiger charge is 2.27. The van der Waals surface area contributed by atoms with Crippen LogP contribution in [0.25, 0.3) is 0 Å². The third-order valence-electron chi connectivity index (χ3n) is 3.70. The van der Waals surface area contributed by atoms with Crippen LogP contribution < -0.4 is 10.2 Å². The van der Waals surface area contributed by atoms with Gasteiger partial charge in [0.25, 0.3) is 0 Å². The van der Waals surface area contributed by atoms with Crippen molar-refractivity contribution in [3.63, 3.8) is 0 Å². The summed E-state index contributed by atoms with van der Waals surface area (Å²) in [4.78, 5) is 2.29. The molecule has 0 amide bonds. The Morgan fingerprint density at radius 1 is 1.28 bits per heavy atom. The quantitative estimate of drug-likeness (QED) is 0.808. The van der Waals surface area contributed by atoms with Crippen LogP contribution in [-0.4, -0.2) is 31.3 Å². The maximum absolute atomic E-state index is 9.30. The van der Waals surface area contributed by atoms with Crippen molar-refractivity contribution in [2.45, 2.75) is 32.4 Å². The van der Waals surface area contributed by atoms with Gasteiger partial charge in [0.15, 0.2) is 0 Å². The van der Waals surface area contributed by atoms with Crippen molar-refractivity contribution in [3.8, 4) is 0 Å². The van der Waals surface area contributed by atoms with Gasteiger partial charge in [-0.2, -0.15) is 0 Å². The molecule has 100 valence electrons. The van der Waals surface area contributed by atoms with Crippen molar-refractivity contribution >= 4 is 5.69 Å². The van der Waals surface area contributed by atoms with E-state index in [1.54, 1.807) is 0 Å². The fourth-order valence-electron chi connectivity index (χ4n) is 2.48. The fourth-order valence-corrected chi connectivity index (χ4v) is 2.48. The minimum atomic E-state index is -0.0501. The molecule has 3 heteroatoms. The molecule has 0 aliphatic heterocycles. The molecule has 1 saturated carbocycles. The molecule has 0 unspecified atom stereocenters. The van der Waals surface area contributed by atoms with Crippen LogP contribution in [-0.2, 0) is 6.54 Å². The predicted molar refractivity (Wildman–Crippen MR) is 75.8 cm³/mol. The molecule has 1 aromatic carbocycles. The first kappa shape index (κ1) is 13.4. The van der Waals surface area contributed by atoms with Crippen LogP contribution in [0.3, 0.4) is 0 Å². The lowest BCUT2D eigenvalue weighted by Crippen LogP contribution is -2.37. The van der Waals surface area contributed by atoms with Gasteiger partial charge in [0.1, 0.15) is 0 Å². The van der Waals surface area contributed by atoms with E-state index in [1.807, 2.05) is 0 Å². The minimum absolute atomic E-state index is 0.0501. The highest BCUT2D eigenvalue weighted by molar-refractivity contribution is 5.47. The summed E-state index contributed by atoms with van der Waals surface area (Å²) in [6.45, 7) is 5.11. The van der Waals surface area contributed by atoms with Gasteiger partial charge < -0.3 is 15.3 Å². The average molecular weight is 248 g/mol. The van der Waals surface area contributed by atoms with Crippen molar-refractivity contribution in [3.05, 3.63) is 29.8 Å². The number of benzene rings is 1. The maximum atomic E-state index is 9.30. The van der Waals surface area contributed by atoms with E-state index in [2.05, 4.69) is 48.5 Å². The third kappa shape index (κ3) is 3.47. The van der Waals surface area contributed by atoms with E-state index in [-0.39, 0.29) is 6.10 Å². The molecule has 2 N–H and O–H groups in total. The Bertz CT molecular complexity index is 357. The highest BCUT2D eigenvalue weighted by atomic mass is 16.3. The molecule has 2 rings (SSSR count). The lowest BCUT2D eigenvalue weighted by atomic mass is 9.82. The van der Waals surface area contributed by atoms with Crippen LogP contribution in [0.15, 0.2) is 24.3 Å². The molecular weight excluding hydrogens is 224 g/mol. The van der Waals surface area contributed by atoms with E-state index in [0.29, 0.717) is 5.92 Å². The first-order chi connectivity index (χ1) is 8.69. The zero-order valence-corrected chi connectivity index (χ0v) is 11.4. The lowest BCUT2D eigenvalue weighted by molar-refractivity contribution is 0.0465. The van der Waals surface area contributed by atoms with Crippen molar-refractivity contribution in [1.29, 1.82) is 0 Å². The van der Waals surface area contributed by atoms with Gasteiger partial charge >= 0.3 is 0 Å². The summed E-state index contributed by atoms with van der Waals surface area (Å²) >= 11 is 0. The zero-order chi connectivity index (χ0) is 13.0. The Morgan fingerprint density at radius 3 is 2.50 bits per heavy atom. The lowest BCUT2D eigenvalue weighted by Gasteiger charge is -2.35. The van der Waals surface area contributed by atoms with E-state index in [4.69, 9.17) is 0 Å². The first-order valence-electron chi connectivity index (χ1n) is 6.88. The molecule has 1 aliphatic carbocycles. The highest BCUT2D eigenvalue weighted by Crippen LogP contribution is 2.29. The molecule has 18 heavy (non-hydrogen) atoms. The molecule has 3 nitrogen and oxygen atoms in total. The summed E-state index contributed by atoms with van der Waals surface area (Å²) in [6.07, 6.45) is 1.87. The second-order valence-electron chi connectivity index (χ2n) is 5.32. The Kier molecular flexibility index (Phi) is 4.61. The van der Waals surface area contributed by atoms with Crippen LogP contribution in [0.4, 0.5) is 5.69 Å². The van der Waals surface area contributed by atoms with Gasteiger partial charge in [-0.15, -0.1) is 0 Å². The Hall–Kier alpha value is -1.06. The standard InChI is InChI=1S/C15H24N2O/c1-3-16-10-12-4-6-14(7-5-12)17(2)11-13-8-15(18)9-13/h4-7,13,15-16,18H,3,8-11H2,1-2H3. The second kappa shape index (κ2) is 6.21. The number of aliphatic hydroxyl groups excluding tert-OH is 1. The van der Waals surface area contributed by atoms with Crippen molar-refractivity contribution in [2.75, 3.05) is 25.0 Å². The molecule has 0 bridgehead atoms. The Labute approximate surface area is 110 Å². The number of nitrogens with zero attached hydrogens (tertiary/aromatic N) is 1. The molecule has 1 aromatic rings.